The van der Waals surface area contributed by atoms with E-state index in [0.29, 0.717) is 0 Å². The zero-order valence-electron chi connectivity index (χ0n) is 7.24. The number of hydrogen-bond acceptors (Lipinski definition) is 4. The van der Waals surface area contributed by atoms with Crippen LogP contribution in [-0.4, -0.2) is 23.3 Å². The standard InChI is InChI=1S/C8H8FNO4/c1-14-7-5(8(12)13)4(10)2-3(9)6(7)11/h2,11H,10H2,1H3,(H,12,13). The molecule has 0 saturated carbocycles. The maximum atomic E-state index is 12.9. The van der Waals surface area contributed by atoms with Gasteiger partial charge in [0.2, 0.25) is 0 Å². The lowest BCUT2D eigenvalue weighted by Crippen LogP contribution is -2.06. The van der Waals surface area contributed by atoms with Crippen LogP contribution in [0.15, 0.2) is 6.07 Å². The average Bonchev–Trinajstić information content (AvgIpc) is 2.09. The summed E-state index contributed by atoms with van der Waals surface area (Å²) in [7, 11) is 1.11. The smallest absolute Gasteiger partial charge is 0.341 e. The van der Waals surface area contributed by atoms with Crippen molar-refractivity contribution in [3.8, 4) is 11.5 Å². The van der Waals surface area contributed by atoms with Gasteiger partial charge < -0.3 is 20.7 Å². The van der Waals surface area contributed by atoms with Crippen molar-refractivity contribution in [2.45, 2.75) is 0 Å². The largest absolute Gasteiger partial charge is 0.502 e. The molecule has 0 heterocycles. The predicted molar refractivity (Wildman–Crippen MR) is 46.0 cm³/mol. The highest BCUT2D eigenvalue weighted by atomic mass is 19.1. The predicted octanol–water partition coefficient (Wildman–Crippen LogP) is 0.820. The van der Waals surface area contributed by atoms with Crippen molar-refractivity contribution in [3.63, 3.8) is 0 Å². The van der Waals surface area contributed by atoms with E-state index in [1.807, 2.05) is 0 Å². The summed E-state index contributed by atoms with van der Waals surface area (Å²) < 4.78 is 17.4. The van der Waals surface area contributed by atoms with E-state index in [0.717, 1.165) is 13.2 Å². The van der Waals surface area contributed by atoms with Crippen LogP contribution >= 0.6 is 0 Å². The van der Waals surface area contributed by atoms with Gasteiger partial charge in [0.05, 0.1) is 12.8 Å². The fourth-order valence-corrected chi connectivity index (χ4v) is 1.05. The summed E-state index contributed by atoms with van der Waals surface area (Å²) in [6, 6.07) is 0.724. The number of carboxylic acids is 1. The SMILES string of the molecule is COc1c(O)c(F)cc(N)c1C(=O)O. The molecule has 0 amide bonds. The number of aromatic carboxylic acids is 1. The van der Waals surface area contributed by atoms with Crippen molar-refractivity contribution in [2.75, 3.05) is 12.8 Å². The summed E-state index contributed by atoms with van der Waals surface area (Å²) in [5.41, 5.74) is 4.50. The Morgan fingerprint density at radius 2 is 2.21 bits per heavy atom. The van der Waals surface area contributed by atoms with Crippen LogP contribution in [0.1, 0.15) is 10.4 Å². The Hall–Kier alpha value is -1.98. The second-order valence-corrected chi connectivity index (χ2v) is 2.51. The normalized spacial score (nSPS) is 9.86. The fourth-order valence-electron chi connectivity index (χ4n) is 1.05. The second-order valence-electron chi connectivity index (χ2n) is 2.51. The molecule has 1 rings (SSSR count). The summed E-state index contributed by atoms with van der Waals surface area (Å²) in [4.78, 5) is 10.7. The quantitative estimate of drug-likeness (QED) is 0.486. The van der Waals surface area contributed by atoms with Gasteiger partial charge in [-0.15, -0.1) is 0 Å². The van der Waals surface area contributed by atoms with Crippen molar-refractivity contribution >= 4 is 11.7 Å². The Labute approximate surface area is 78.5 Å². The maximum Gasteiger partial charge on any atom is 0.341 e. The molecule has 0 atom stereocenters. The number of phenolic OH excluding ortho intramolecular Hbond substituents is 1. The second kappa shape index (κ2) is 3.41. The lowest BCUT2D eigenvalue weighted by atomic mass is 10.1. The number of hydrogen-bond donors (Lipinski definition) is 3. The first-order chi connectivity index (χ1) is 6.49. The van der Waals surface area contributed by atoms with Gasteiger partial charge in [-0.3, -0.25) is 0 Å². The molecule has 4 N–H and O–H groups in total. The average molecular weight is 201 g/mol. The fraction of sp³-hybridized carbons (Fsp3) is 0.125. The van der Waals surface area contributed by atoms with Crippen molar-refractivity contribution < 1.29 is 24.1 Å². The summed E-state index contributed by atoms with van der Waals surface area (Å²) in [6.45, 7) is 0. The molecule has 0 aromatic heterocycles. The lowest BCUT2D eigenvalue weighted by molar-refractivity contribution is 0.0693. The Balaban J connectivity index is 3.55. The van der Waals surface area contributed by atoms with Crippen molar-refractivity contribution in [1.82, 2.24) is 0 Å². The number of anilines is 1. The van der Waals surface area contributed by atoms with Gasteiger partial charge >= 0.3 is 5.97 Å². The van der Waals surface area contributed by atoms with Crippen LogP contribution in [0.2, 0.25) is 0 Å². The van der Waals surface area contributed by atoms with Crippen LogP contribution in [0.5, 0.6) is 11.5 Å². The molecule has 14 heavy (non-hydrogen) atoms. The summed E-state index contributed by atoms with van der Waals surface area (Å²) >= 11 is 0. The number of halogens is 1. The van der Waals surface area contributed by atoms with E-state index in [1.54, 1.807) is 0 Å². The van der Waals surface area contributed by atoms with Gasteiger partial charge in [0.25, 0.3) is 0 Å². The van der Waals surface area contributed by atoms with E-state index in [4.69, 9.17) is 15.9 Å². The summed E-state index contributed by atoms with van der Waals surface area (Å²) in [6.07, 6.45) is 0. The van der Waals surface area contributed by atoms with E-state index < -0.39 is 28.8 Å². The lowest BCUT2D eigenvalue weighted by Gasteiger charge is -2.09. The molecule has 0 aliphatic rings. The van der Waals surface area contributed by atoms with Gasteiger partial charge in [0, 0.05) is 6.07 Å². The first-order valence-electron chi connectivity index (χ1n) is 3.57. The molecule has 76 valence electrons. The van der Waals surface area contributed by atoms with Gasteiger partial charge in [-0.25, -0.2) is 9.18 Å². The number of carbonyl (C=O) groups is 1. The molecule has 6 heteroatoms. The summed E-state index contributed by atoms with van der Waals surface area (Å²) in [5, 5.41) is 17.8. The molecule has 0 saturated heterocycles. The monoisotopic (exact) mass is 201 g/mol. The van der Waals surface area contributed by atoms with E-state index in [2.05, 4.69) is 4.74 Å². The van der Waals surface area contributed by atoms with Gasteiger partial charge in [0.1, 0.15) is 5.56 Å². The zero-order chi connectivity index (χ0) is 10.9. The first kappa shape index (κ1) is 10.1. The molecule has 0 radical (unpaired) electrons. The minimum absolute atomic E-state index is 0.301. The van der Waals surface area contributed by atoms with E-state index in [9.17, 15) is 9.18 Å². The van der Waals surface area contributed by atoms with Crippen LogP contribution < -0.4 is 10.5 Å². The molecule has 0 aliphatic carbocycles. The van der Waals surface area contributed by atoms with E-state index >= 15 is 0 Å². The number of methoxy groups -OCH3 is 1. The minimum atomic E-state index is -1.39. The minimum Gasteiger partial charge on any atom is -0.502 e. The Morgan fingerprint density at radius 1 is 1.64 bits per heavy atom. The molecule has 1 aromatic carbocycles. The highest BCUT2D eigenvalue weighted by Crippen LogP contribution is 2.36. The van der Waals surface area contributed by atoms with Crippen LogP contribution in [0.25, 0.3) is 0 Å². The van der Waals surface area contributed by atoms with E-state index in [-0.39, 0.29) is 5.69 Å². The number of ether oxygens (including phenoxy) is 1. The number of carboxylic acid groups (broad SMARTS) is 1. The number of phenols is 1. The third-order valence-electron chi connectivity index (χ3n) is 1.66. The molecule has 5 nitrogen and oxygen atoms in total. The third kappa shape index (κ3) is 1.41. The number of nitrogen functional groups attached to an aromatic ring is 1. The number of nitrogens with two attached hydrogens (primary N) is 1. The van der Waals surface area contributed by atoms with Crippen LogP contribution in [0.4, 0.5) is 10.1 Å². The Kier molecular flexibility index (Phi) is 2.46. The van der Waals surface area contributed by atoms with Crippen molar-refractivity contribution in [2.24, 2.45) is 0 Å². The number of rotatable bonds is 2. The number of aromatic hydroxyl groups is 1. The molecule has 0 bridgehead atoms. The van der Waals surface area contributed by atoms with Crippen molar-refractivity contribution in [3.05, 3.63) is 17.4 Å². The highest BCUT2D eigenvalue weighted by molar-refractivity contribution is 5.97. The van der Waals surface area contributed by atoms with Crippen LogP contribution in [0.3, 0.4) is 0 Å². The maximum absolute atomic E-state index is 12.9. The van der Waals surface area contributed by atoms with Gasteiger partial charge in [-0.1, -0.05) is 0 Å². The van der Waals surface area contributed by atoms with Gasteiger partial charge in [-0.2, -0.15) is 0 Å². The topological polar surface area (TPSA) is 92.8 Å². The molecule has 0 aliphatic heterocycles. The van der Waals surface area contributed by atoms with Gasteiger partial charge in [-0.05, 0) is 0 Å². The Morgan fingerprint density at radius 3 is 2.64 bits per heavy atom. The number of benzene rings is 1. The third-order valence-corrected chi connectivity index (χ3v) is 1.66. The molecular formula is C8H8FNO4. The molecular weight excluding hydrogens is 193 g/mol. The van der Waals surface area contributed by atoms with Crippen molar-refractivity contribution in [1.29, 1.82) is 0 Å². The van der Waals surface area contributed by atoms with Crippen LogP contribution in [0, 0.1) is 5.82 Å². The Bertz CT molecular complexity index is 391. The summed E-state index contributed by atoms with van der Waals surface area (Å²) in [5.74, 6) is -3.76. The zero-order valence-corrected chi connectivity index (χ0v) is 7.24. The molecule has 1 aromatic rings. The van der Waals surface area contributed by atoms with E-state index in [1.165, 1.54) is 0 Å². The first-order valence-corrected chi connectivity index (χ1v) is 3.57. The molecule has 0 spiro atoms. The van der Waals surface area contributed by atoms with Gasteiger partial charge in [0.15, 0.2) is 17.3 Å². The highest BCUT2D eigenvalue weighted by Gasteiger charge is 2.22. The molecule has 0 unspecified atom stereocenters. The van der Waals surface area contributed by atoms with Crippen LogP contribution in [-0.2, 0) is 0 Å². The molecule has 0 fully saturated rings.